The van der Waals surface area contributed by atoms with Crippen LogP contribution >= 0.6 is 0 Å². The van der Waals surface area contributed by atoms with Crippen LogP contribution in [0.5, 0.6) is 0 Å². The van der Waals surface area contributed by atoms with E-state index in [2.05, 4.69) is 56.3 Å². The first-order chi connectivity index (χ1) is 7.81. The quantitative estimate of drug-likeness (QED) is 0.674. The molecule has 0 saturated heterocycles. The Bertz CT molecular complexity index is 395. The number of benzene rings is 1. The molecule has 1 aromatic carbocycles. The Labute approximate surface area is 98.7 Å². The molecule has 0 bridgehead atoms. The molecule has 0 unspecified atom stereocenters. The van der Waals surface area contributed by atoms with E-state index in [0.29, 0.717) is 0 Å². The number of hydrogen-bond acceptors (Lipinski definition) is 0. The summed E-state index contributed by atoms with van der Waals surface area (Å²) in [6, 6.07) is 10.7. The molecule has 0 nitrogen and oxygen atoms in total. The first-order valence-corrected chi connectivity index (χ1v) is 6.09. The van der Waals surface area contributed by atoms with Gasteiger partial charge < -0.3 is 0 Å². The molecule has 83 valence electrons. The highest BCUT2D eigenvalue weighted by Gasteiger charge is 2.15. The second kappa shape index (κ2) is 5.16. The van der Waals surface area contributed by atoms with Crippen molar-refractivity contribution in [1.29, 1.82) is 0 Å². The molecular weight excluding hydrogens is 192 g/mol. The van der Waals surface area contributed by atoms with Crippen molar-refractivity contribution in [3.05, 3.63) is 59.5 Å². The Hall–Kier alpha value is -1.30. The second-order valence-corrected chi connectivity index (χ2v) is 4.46. The van der Waals surface area contributed by atoms with Crippen LogP contribution in [0.15, 0.2) is 48.1 Å². The molecule has 0 atom stereocenters. The minimum Gasteiger partial charge on any atom is -0.0651 e. The van der Waals surface area contributed by atoms with E-state index in [1.807, 2.05) is 0 Å². The van der Waals surface area contributed by atoms with Crippen molar-refractivity contribution in [2.24, 2.45) is 0 Å². The average molecular weight is 211 g/mol. The Morgan fingerprint density at radius 1 is 1.06 bits per heavy atom. The lowest BCUT2D eigenvalue weighted by atomic mass is 9.84. The van der Waals surface area contributed by atoms with Crippen molar-refractivity contribution in [3.8, 4) is 0 Å². The van der Waals surface area contributed by atoms with Gasteiger partial charge in [-0.15, -0.1) is 0 Å². The van der Waals surface area contributed by atoms with Crippen LogP contribution in [0.3, 0.4) is 0 Å². The molecule has 16 heavy (non-hydrogen) atoms. The van der Waals surface area contributed by atoms with E-state index in [4.69, 9.17) is 0 Å². The average Bonchev–Trinajstić information content (AvgIpc) is 2.33. The SMILES string of the molecule is CCCC1=CC=C(c2ccccc2)C[C]1C. The molecule has 1 aliphatic rings. The lowest BCUT2D eigenvalue weighted by molar-refractivity contribution is 0.848. The summed E-state index contributed by atoms with van der Waals surface area (Å²) in [6.45, 7) is 4.50. The van der Waals surface area contributed by atoms with Gasteiger partial charge in [-0.25, -0.2) is 0 Å². The molecule has 0 fully saturated rings. The minimum absolute atomic E-state index is 1.11. The summed E-state index contributed by atoms with van der Waals surface area (Å²) >= 11 is 0. The predicted molar refractivity (Wildman–Crippen MR) is 70.9 cm³/mol. The van der Waals surface area contributed by atoms with E-state index in [0.717, 1.165) is 6.42 Å². The van der Waals surface area contributed by atoms with Gasteiger partial charge in [0.25, 0.3) is 0 Å². The maximum atomic E-state index is 2.30. The topological polar surface area (TPSA) is 0 Å². The summed E-state index contributed by atoms with van der Waals surface area (Å²) in [7, 11) is 0. The third-order valence-electron chi connectivity index (χ3n) is 3.15. The van der Waals surface area contributed by atoms with Gasteiger partial charge in [0.2, 0.25) is 0 Å². The van der Waals surface area contributed by atoms with Gasteiger partial charge in [-0.2, -0.15) is 0 Å². The van der Waals surface area contributed by atoms with E-state index in [1.54, 1.807) is 0 Å². The Balaban J connectivity index is 2.21. The zero-order valence-corrected chi connectivity index (χ0v) is 10.2. The first-order valence-electron chi connectivity index (χ1n) is 6.09. The number of rotatable bonds is 3. The maximum Gasteiger partial charge on any atom is 0.00215 e. The summed E-state index contributed by atoms with van der Waals surface area (Å²) in [6.07, 6.45) is 8.13. The summed E-state index contributed by atoms with van der Waals surface area (Å²) in [5, 5.41) is 0. The summed E-state index contributed by atoms with van der Waals surface area (Å²) in [5.41, 5.74) is 4.33. The molecule has 0 heteroatoms. The van der Waals surface area contributed by atoms with Crippen molar-refractivity contribution in [3.63, 3.8) is 0 Å². The Morgan fingerprint density at radius 2 is 1.81 bits per heavy atom. The maximum absolute atomic E-state index is 2.30. The van der Waals surface area contributed by atoms with Crippen molar-refractivity contribution in [1.82, 2.24) is 0 Å². The van der Waals surface area contributed by atoms with Crippen LogP contribution < -0.4 is 0 Å². The van der Waals surface area contributed by atoms with Crippen LogP contribution in [0.1, 0.15) is 38.7 Å². The third kappa shape index (κ3) is 2.44. The highest BCUT2D eigenvalue weighted by Crippen LogP contribution is 2.34. The molecule has 0 aliphatic heterocycles. The zero-order valence-electron chi connectivity index (χ0n) is 10.2. The van der Waals surface area contributed by atoms with Crippen LogP contribution in [0.2, 0.25) is 0 Å². The molecule has 1 radical (unpaired) electrons. The second-order valence-electron chi connectivity index (χ2n) is 4.46. The molecule has 2 rings (SSSR count). The van der Waals surface area contributed by atoms with Gasteiger partial charge in [0, 0.05) is 5.92 Å². The van der Waals surface area contributed by atoms with E-state index >= 15 is 0 Å². The summed E-state index contributed by atoms with van der Waals surface area (Å²) in [5.74, 6) is 1.53. The lowest BCUT2D eigenvalue weighted by Gasteiger charge is -2.21. The number of hydrogen-bond donors (Lipinski definition) is 0. The Kier molecular flexibility index (Phi) is 3.61. The fraction of sp³-hybridized carbons (Fsp3) is 0.312. The molecular formula is C16H19. The van der Waals surface area contributed by atoms with Crippen LogP contribution in [0.25, 0.3) is 5.57 Å². The monoisotopic (exact) mass is 211 g/mol. The van der Waals surface area contributed by atoms with Crippen molar-refractivity contribution < 1.29 is 0 Å². The first kappa shape index (κ1) is 11.2. The van der Waals surface area contributed by atoms with Crippen LogP contribution in [0, 0.1) is 5.92 Å². The molecule has 1 aliphatic carbocycles. The standard InChI is InChI=1S/C16H19/c1-3-7-14-10-11-16(12-13(14)2)15-8-5-4-6-9-15/h4-6,8-11H,3,7,12H2,1-2H3. The molecule has 0 saturated carbocycles. The third-order valence-corrected chi connectivity index (χ3v) is 3.15. The molecule has 0 N–H and O–H groups in total. The fourth-order valence-electron chi connectivity index (χ4n) is 2.22. The Morgan fingerprint density at radius 3 is 2.44 bits per heavy atom. The van der Waals surface area contributed by atoms with Gasteiger partial charge in [0.1, 0.15) is 0 Å². The van der Waals surface area contributed by atoms with E-state index in [-0.39, 0.29) is 0 Å². The fourth-order valence-corrected chi connectivity index (χ4v) is 2.22. The molecule has 0 heterocycles. The normalized spacial score (nSPS) is 16.9. The zero-order chi connectivity index (χ0) is 11.4. The minimum atomic E-state index is 1.11. The van der Waals surface area contributed by atoms with Gasteiger partial charge in [-0.05, 0) is 24.0 Å². The van der Waals surface area contributed by atoms with Gasteiger partial charge in [-0.1, -0.05) is 68.3 Å². The van der Waals surface area contributed by atoms with Crippen molar-refractivity contribution in [2.75, 3.05) is 0 Å². The largest absolute Gasteiger partial charge is 0.0651 e. The summed E-state index contributed by atoms with van der Waals surface area (Å²) < 4.78 is 0. The summed E-state index contributed by atoms with van der Waals surface area (Å²) in [4.78, 5) is 0. The van der Waals surface area contributed by atoms with Gasteiger partial charge in [-0.3, -0.25) is 0 Å². The van der Waals surface area contributed by atoms with E-state index < -0.39 is 0 Å². The molecule has 0 amide bonds. The van der Waals surface area contributed by atoms with E-state index in [1.165, 1.54) is 35.5 Å². The molecule has 0 aromatic heterocycles. The predicted octanol–water partition coefficient (Wildman–Crippen LogP) is 4.79. The van der Waals surface area contributed by atoms with Gasteiger partial charge >= 0.3 is 0 Å². The highest BCUT2D eigenvalue weighted by molar-refractivity contribution is 5.71. The van der Waals surface area contributed by atoms with Crippen LogP contribution in [-0.4, -0.2) is 0 Å². The van der Waals surface area contributed by atoms with Gasteiger partial charge in [0.15, 0.2) is 0 Å². The number of allylic oxidation sites excluding steroid dienone is 4. The molecule has 0 spiro atoms. The van der Waals surface area contributed by atoms with Crippen LogP contribution in [0.4, 0.5) is 0 Å². The van der Waals surface area contributed by atoms with Crippen LogP contribution in [-0.2, 0) is 0 Å². The smallest absolute Gasteiger partial charge is 0.00215 e. The van der Waals surface area contributed by atoms with Gasteiger partial charge in [0.05, 0.1) is 0 Å². The molecule has 1 aromatic rings. The van der Waals surface area contributed by atoms with E-state index in [9.17, 15) is 0 Å². The highest BCUT2D eigenvalue weighted by atomic mass is 14.2. The van der Waals surface area contributed by atoms with Crippen molar-refractivity contribution in [2.45, 2.75) is 33.1 Å². The lowest BCUT2D eigenvalue weighted by Crippen LogP contribution is -2.03. The van der Waals surface area contributed by atoms with Crippen molar-refractivity contribution >= 4 is 5.57 Å².